The Morgan fingerprint density at radius 2 is 2.00 bits per heavy atom. The summed E-state index contributed by atoms with van der Waals surface area (Å²) in [4.78, 5) is 12.7. The maximum Gasteiger partial charge on any atom is 0.205 e. The molecule has 0 saturated carbocycles. The van der Waals surface area contributed by atoms with Crippen molar-refractivity contribution < 1.29 is 23.4 Å². The number of Topliss-reactive ketones (excluding diaryl/α,β-unsaturated/α-hetero) is 1. The number of allylic oxidation sites excluding steroid dienone is 3. The van der Waals surface area contributed by atoms with Crippen molar-refractivity contribution >= 4 is 5.78 Å². The highest BCUT2D eigenvalue weighted by molar-refractivity contribution is 5.99. The van der Waals surface area contributed by atoms with E-state index in [-0.39, 0.29) is 29.7 Å². The van der Waals surface area contributed by atoms with Gasteiger partial charge in [0, 0.05) is 24.0 Å². The Labute approximate surface area is 179 Å². The molecule has 0 spiro atoms. The van der Waals surface area contributed by atoms with Gasteiger partial charge in [-0.05, 0) is 42.3 Å². The molecule has 4 rings (SSSR count). The number of carbonyl (C=O) groups is 1. The lowest BCUT2D eigenvalue weighted by Crippen LogP contribution is -2.27. The van der Waals surface area contributed by atoms with Crippen LogP contribution in [0.15, 0.2) is 65.3 Å². The lowest BCUT2D eigenvalue weighted by atomic mass is 9.77. The first kappa shape index (κ1) is 20.5. The van der Waals surface area contributed by atoms with Crippen LogP contribution in [0.4, 0.5) is 4.39 Å². The third-order valence-corrected chi connectivity index (χ3v) is 5.46. The standard InChI is InChI=1S/C24H21FN2O4/c1-29-21-11-14(5-6-15(21)13-30-17-9-7-16(25)8-10-17)22-18(12-26)24(27)31-20-4-2-3-19(28)23(20)22/h5-11,22H,2-4,13,27H2,1H3/t22-/m1/s1. The molecule has 0 saturated heterocycles. The Bertz CT molecular complexity index is 1130. The van der Waals surface area contributed by atoms with Crippen LogP contribution in [0.3, 0.4) is 0 Å². The molecule has 6 nitrogen and oxygen atoms in total. The number of hydrogen-bond acceptors (Lipinski definition) is 6. The largest absolute Gasteiger partial charge is 0.496 e. The van der Waals surface area contributed by atoms with Crippen LogP contribution in [0.2, 0.25) is 0 Å². The smallest absolute Gasteiger partial charge is 0.205 e. The van der Waals surface area contributed by atoms with Crippen LogP contribution < -0.4 is 15.2 Å². The number of halogens is 1. The molecule has 2 N–H and O–H groups in total. The number of nitrogens with two attached hydrogens (primary N) is 1. The zero-order valence-electron chi connectivity index (χ0n) is 17.0. The number of rotatable bonds is 5. The zero-order chi connectivity index (χ0) is 22.0. The number of methoxy groups -OCH3 is 1. The molecule has 1 heterocycles. The molecule has 1 aliphatic heterocycles. The number of nitriles is 1. The predicted molar refractivity (Wildman–Crippen MR) is 110 cm³/mol. The molecule has 1 aliphatic carbocycles. The molecule has 0 bridgehead atoms. The van der Waals surface area contributed by atoms with Crippen LogP contribution in [0.5, 0.6) is 11.5 Å². The minimum absolute atomic E-state index is 0.0311. The van der Waals surface area contributed by atoms with Crippen LogP contribution in [-0.2, 0) is 16.1 Å². The van der Waals surface area contributed by atoms with Gasteiger partial charge in [0.2, 0.25) is 5.88 Å². The summed E-state index contributed by atoms with van der Waals surface area (Å²) in [5.74, 6) is 0.687. The maximum absolute atomic E-state index is 13.1. The first-order valence-corrected chi connectivity index (χ1v) is 9.90. The van der Waals surface area contributed by atoms with Gasteiger partial charge in [-0.15, -0.1) is 0 Å². The van der Waals surface area contributed by atoms with Crippen molar-refractivity contribution in [2.45, 2.75) is 31.8 Å². The quantitative estimate of drug-likeness (QED) is 0.778. The van der Waals surface area contributed by atoms with Gasteiger partial charge < -0.3 is 19.9 Å². The van der Waals surface area contributed by atoms with Crippen molar-refractivity contribution in [3.8, 4) is 17.6 Å². The summed E-state index contributed by atoms with van der Waals surface area (Å²) in [5, 5.41) is 9.70. The Balaban J connectivity index is 1.67. The Hall–Kier alpha value is -3.79. The van der Waals surface area contributed by atoms with E-state index in [1.165, 1.54) is 19.2 Å². The molecule has 0 amide bonds. The van der Waals surface area contributed by atoms with Crippen LogP contribution in [0.25, 0.3) is 0 Å². The van der Waals surface area contributed by atoms with Crippen molar-refractivity contribution in [1.82, 2.24) is 0 Å². The van der Waals surface area contributed by atoms with Gasteiger partial charge in [-0.2, -0.15) is 5.26 Å². The molecule has 0 fully saturated rings. The fourth-order valence-electron chi connectivity index (χ4n) is 3.94. The summed E-state index contributed by atoms with van der Waals surface area (Å²) in [7, 11) is 1.54. The lowest BCUT2D eigenvalue weighted by molar-refractivity contribution is -0.116. The summed E-state index contributed by atoms with van der Waals surface area (Å²) in [6.07, 6.45) is 1.72. The lowest BCUT2D eigenvalue weighted by Gasteiger charge is -2.31. The van der Waals surface area contributed by atoms with Crippen molar-refractivity contribution in [2.24, 2.45) is 5.73 Å². The van der Waals surface area contributed by atoms with Crippen LogP contribution in [0, 0.1) is 17.1 Å². The number of carbonyl (C=O) groups excluding carboxylic acids is 1. The van der Waals surface area contributed by atoms with E-state index in [1.807, 2.05) is 12.1 Å². The highest BCUT2D eigenvalue weighted by Crippen LogP contribution is 2.44. The van der Waals surface area contributed by atoms with E-state index >= 15 is 0 Å². The average Bonchev–Trinajstić information content (AvgIpc) is 2.78. The average molecular weight is 420 g/mol. The van der Waals surface area contributed by atoms with E-state index in [0.717, 1.165) is 5.56 Å². The van der Waals surface area contributed by atoms with E-state index in [9.17, 15) is 14.4 Å². The molecule has 2 aromatic rings. The predicted octanol–water partition coefficient (Wildman–Crippen LogP) is 4.23. The van der Waals surface area contributed by atoms with Gasteiger partial charge >= 0.3 is 0 Å². The van der Waals surface area contributed by atoms with Gasteiger partial charge in [0.15, 0.2) is 5.78 Å². The first-order chi connectivity index (χ1) is 15.0. The Morgan fingerprint density at radius 1 is 1.23 bits per heavy atom. The third-order valence-electron chi connectivity index (χ3n) is 5.46. The summed E-state index contributed by atoms with van der Waals surface area (Å²) in [6.45, 7) is 0.207. The molecular weight excluding hydrogens is 399 g/mol. The van der Waals surface area contributed by atoms with Gasteiger partial charge in [-0.1, -0.05) is 12.1 Å². The number of benzene rings is 2. The molecule has 0 radical (unpaired) electrons. The monoisotopic (exact) mass is 420 g/mol. The van der Waals surface area contributed by atoms with E-state index < -0.39 is 5.92 Å². The molecule has 31 heavy (non-hydrogen) atoms. The van der Waals surface area contributed by atoms with Gasteiger partial charge in [0.25, 0.3) is 0 Å². The number of ketones is 1. The highest BCUT2D eigenvalue weighted by Gasteiger charge is 2.38. The molecule has 1 atom stereocenters. The second-order valence-corrected chi connectivity index (χ2v) is 7.35. The fourth-order valence-corrected chi connectivity index (χ4v) is 3.94. The van der Waals surface area contributed by atoms with E-state index in [1.54, 1.807) is 18.2 Å². The van der Waals surface area contributed by atoms with Crippen molar-refractivity contribution in [3.63, 3.8) is 0 Å². The molecule has 0 aromatic heterocycles. The topological polar surface area (TPSA) is 94.6 Å². The summed E-state index contributed by atoms with van der Waals surface area (Å²) in [5.41, 5.74) is 8.20. The minimum atomic E-state index is -0.595. The molecule has 7 heteroatoms. The van der Waals surface area contributed by atoms with E-state index in [2.05, 4.69) is 6.07 Å². The molecule has 0 unspecified atom stereocenters. The second kappa shape index (κ2) is 8.52. The summed E-state index contributed by atoms with van der Waals surface area (Å²) >= 11 is 0. The van der Waals surface area contributed by atoms with Gasteiger partial charge in [0.1, 0.15) is 41.3 Å². The Kier molecular flexibility index (Phi) is 5.63. The summed E-state index contributed by atoms with van der Waals surface area (Å²) < 4.78 is 30.0. The molecule has 158 valence electrons. The zero-order valence-corrected chi connectivity index (χ0v) is 17.0. The SMILES string of the molecule is COc1cc([C@@H]2C(C#N)=C(N)OC3=C2C(=O)CCC3)ccc1COc1ccc(F)cc1. The number of nitrogens with zero attached hydrogens (tertiary/aromatic N) is 1. The molecule has 2 aliphatic rings. The molecular formula is C24H21FN2O4. The highest BCUT2D eigenvalue weighted by atomic mass is 19.1. The third kappa shape index (κ3) is 3.97. The number of ether oxygens (including phenoxy) is 3. The number of hydrogen-bond donors (Lipinski definition) is 1. The van der Waals surface area contributed by atoms with Crippen molar-refractivity contribution in [1.29, 1.82) is 5.26 Å². The van der Waals surface area contributed by atoms with Gasteiger partial charge in [-0.25, -0.2) is 4.39 Å². The second-order valence-electron chi connectivity index (χ2n) is 7.35. The van der Waals surface area contributed by atoms with E-state index in [4.69, 9.17) is 19.9 Å². The fraction of sp³-hybridized carbons (Fsp3) is 0.250. The van der Waals surface area contributed by atoms with E-state index in [0.29, 0.717) is 47.7 Å². The summed E-state index contributed by atoms with van der Waals surface area (Å²) in [6, 6.07) is 13.3. The Morgan fingerprint density at radius 3 is 2.71 bits per heavy atom. The van der Waals surface area contributed by atoms with Crippen LogP contribution in [0.1, 0.15) is 36.3 Å². The van der Waals surface area contributed by atoms with Crippen LogP contribution >= 0.6 is 0 Å². The van der Waals surface area contributed by atoms with Crippen LogP contribution in [-0.4, -0.2) is 12.9 Å². The maximum atomic E-state index is 13.1. The van der Waals surface area contributed by atoms with Crippen molar-refractivity contribution in [2.75, 3.05) is 7.11 Å². The van der Waals surface area contributed by atoms with Gasteiger partial charge in [-0.3, -0.25) is 4.79 Å². The molecule has 2 aromatic carbocycles. The normalized spacial score (nSPS) is 18.2. The van der Waals surface area contributed by atoms with Gasteiger partial charge in [0.05, 0.1) is 13.0 Å². The first-order valence-electron chi connectivity index (χ1n) is 9.90. The van der Waals surface area contributed by atoms with Crippen molar-refractivity contribution in [3.05, 3.63) is 82.2 Å². The minimum Gasteiger partial charge on any atom is -0.496 e.